The summed E-state index contributed by atoms with van der Waals surface area (Å²) in [6.07, 6.45) is 8.10. The maximum atomic E-state index is 12.4. The molecule has 0 aliphatic carbocycles. The number of piperidine rings is 1. The molecule has 0 unspecified atom stereocenters. The quantitative estimate of drug-likeness (QED) is 0.916. The molecule has 1 N–H and O–H groups in total. The summed E-state index contributed by atoms with van der Waals surface area (Å²) in [5, 5.41) is 3.58. The lowest BCUT2D eigenvalue weighted by Crippen LogP contribution is -2.45. The van der Waals surface area contributed by atoms with E-state index in [9.17, 15) is 4.79 Å². The Morgan fingerprint density at radius 3 is 2.61 bits per heavy atom. The summed E-state index contributed by atoms with van der Waals surface area (Å²) in [5.74, 6) is 0.110. The van der Waals surface area contributed by atoms with E-state index in [0.717, 1.165) is 50.2 Å². The predicted octanol–water partition coefficient (Wildman–Crippen LogP) is 1.91. The number of rotatable bonds is 5. The molecule has 0 bridgehead atoms. The first-order chi connectivity index (χ1) is 11.3. The van der Waals surface area contributed by atoms with Crippen LogP contribution in [0.3, 0.4) is 0 Å². The molecule has 0 atom stereocenters. The van der Waals surface area contributed by atoms with Crippen LogP contribution in [0.5, 0.6) is 0 Å². The summed E-state index contributed by atoms with van der Waals surface area (Å²) in [7, 11) is 0. The monoisotopic (exact) mass is 310 g/mol. The Kier molecular flexibility index (Phi) is 5.32. The van der Waals surface area contributed by atoms with Gasteiger partial charge in [-0.2, -0.15) is 0 Å². The predicted molar refractivity (Wildman–Crippen MR) is 89.1 cm³/mol. The molecule has 0 saturated carbocycles. The van der Waals surface area contributed by atoms with Gasteiger partial charge >= 0.3 is 0 Å². The molecule has 5 heteroatoms. The fourth-order valence-corrected chi connectivity index (χ4v) is 2.91. The molecule has 2 aromatic heterocycles. The van der Waals surface area contributed by atoms with E-state index in [2.05, 4.69) is 21.4 Å². The van der Waals surface area contributed by atoms with Gasteiger partial charge in [0.05, 0.1) is 0 Å². The lowest BCUT2D eigenvalue weighted by atomic mass is 10.0. The first-order valence-corrected chi connectivity index (χ1v) is 8.15. The molecule has 120 valence electrons. The summed E-state index contributed by atoms with van der Waals surface area (Å²) in [5.41, 5.74) is 1.84. The van der Waals surface area contributed by atoms with Gasteiger partial charge in [0.15, 0.2) is 0 Å². The lowest BCUT2D eigenvalue weighted by molar-refractivity contribution is 0.0705. The van der Waals surface area contributed by atoms with Gasteiger partial charge < -0.3 is 10.2 Å². The lowest BCUT2D eigenvalue weighted by Gasteiger charge is -2.32. The average Bonchev–Trinajstić information content (AvgIpc) is 2.63. The summed E-state index contributed by atoms with van der Waals surface area (Å²) in [4.78, 5) is 22.6. The number of likely N-dealkylation sites (tertiary alicyclic amines) is 1. The molecule has 1 amide bonds. The number of aromatic nitrogens is 2. The third kappa shape index (κ3) is 4.36. The number of carbonyl (C=O) groups is 1. The molecule has 2 aromatic rings. The van der Waals surface area contributed by atoms with Crippen molar-refractivity contribution in [1.29, 1.82) is 0 Å². The molecule has 23 heavy (non-hydrogen) atoms. The van der Waals surface area contributed by atoms with E-state index in [0.29, 0.717) is 6.04 Å². The Bertz CT molecular complexity index is 609. The zero-order valence-corrected chi connectivity index (χ0v) is 13.2. The summed E-state index contributed by atoms with van der Waals surface area (Å²) < 4.78 is 0. The number of amides is 1. The van der Waals surface area contributed by atoms with Crippen molar-refractivity contribution in [2.45, 2.75) is 25.3 Å². The smallest absolute Gasteiger partial charge is 0.253 e. The minimum Gasteiger partial charge on any atom is -0.339 e. The van der Waals surface area contributed by atoms with Crippen LogP contribution >= 0.6 is 0 Å². The normalized spacial score (nSPS) is 15.6. The zero-order valence-electron chi connectivity index (χ0n) is 13.2. The highest BCUT2D eigenvalue weighted by Crippen LogP contribution is 2.13. The fourth-order valence-electron chi connectivity index (χ4n) is 2.91. The Morgan fingerprint density at radius 2 is 1.91 bits per heavy atom. The molecule has 1 aliphatic rings. The molecule has 0 spiro atoms. The topological polar surface area (TPSA) is 58.1 Å². The molecule has 5 nitrogen and oxygen atoms in total. The molecular formula is C18H22N4O. The van der Waals surface area contributed by atoms with E-state index in [-0.39, 0.29) is 5.91 Å². The third-order valence-corrected chi connectivity index (χ3v) is 4.25. The molecule has 1 saturated heterocycles. The second-order valence-corrected chi connectivity index (χ2v) is 5.83. The van der Waals surface area contributed by atoms with Crippen molar-refractivity contribution in [1.82, 2.24) is 20.2 Å². The summed E-state index contributed by atoms with van der Waals surface area (Å²) in [6.45, 7) is 2.55. The molecule has 0 aromatic carbocycles. The Morgan fingerprint density at radius 1 is 1.13 bits per heavy atom. The maximum Gasteiger partial charge on any atom is 0.253 e. The third-order valence-electron chi connectivity index (χ3n) is 4.25. The van der Waals surface area contributed by atoms with Gasteiger partial charge in [-0.15, -0.1) is 0 Å². The maximum absolute atomic E-state index is 12.4. The van der Waals surface area contributed by atoms with Gasteiger partial charge in [-0.1, -0.05) is 6.07 Å². The number of nitrogens with one attached hydrogen (secondary N) is 1. The highest BCUT2D eigenvalue weighted by molar-refractivity contribution is 5.94. The number of nitrogens with zero attached hydrogens (tertiary/aromatic N) is 3. The van der Waals surface area contributed by atoms with Crippen molar-refractivity contribution >= 4 is 5.91 Å². The number of hydrogen-bond acceptors (Lipinski definition) is 4. The van der Waals surface area contributed by atoms with Crippen molar-refractivity contribution < 1.29 is 4.79 Å². The van der Waals surface area contributed by atoms with Gasteiger partial charge in [0.2, 0.25) is 0 Å². The van der Waals surface area contributed by atoms with E-state index >= 15 is 0 Å². The summed E-state index contributed by atoms with van der Waals surface area (Å²) in [6, 6.07) is 10.1. The van der Waals surface area contributed by atoms with Crippen LogP contribution in [-0.4, -0.2) is 46.5 Å². The molecule has 1 aliphatic heterocycles. The highest BCUT2D eigenvalue weighted by Gasteiger charge is 2.23. The standard InChI is InChI=1S/C18H22N4O/c23-18(15-4-10-19-11-5-15)22-13-7-17(8-14-22)21-12-6-16-3-1-2-9-20-16/h1-5,9-11,17,21H,6-8,12-14H2. The molecular weight excluding hydrogens is 288 g/mol. The van der Waals surface area contributed by atoms with Gasteiger partial charge in [-0.05, 0) is 37.1 Å². The minimum atomic E-state index is 0.110. The van der Waals surface area contributed by atoms with Gasteiger partial charge in [0.1, 0.15) is 0 Å². The Labute approximate surface area is 136 Å². The SMILES string of the molecule is O=C(c1ccncc1)N1CCC(NCCc2ccccn2)CC1. The Hall–Kier alpha value is -2.27. The van der Waals surface area contributed by atoms with Crippen molar-refractivity contribution in [3.63, 3.8) is 0 Å². The van der Waals surface area contributed by atoms with E-state index < -0.39 is 0 Å². The number of pyridine rings is 2. The second kappa shape index (κ2) is 7.83. The van der Waals surface area contributed by atoms with Gasteiger partial charge in [0.25, 0.3) is 5.91 Å². The molecule has 0 radical (unpaired) electrons. The minimum absolute atomic E-state index is 0.110. The highest BCUT2D eigenvalue weighted by atomic mass is 16.2. The summed E-state index contributed by atoms with van der Waals surface area (Å²) >= 11 is 0. The molecule has 1 fully saturated rings. The van der Waals surface area contributed by atoms with Crippen LogP contribution in [0, 0.1) is 0 Å². The van der Waals surface area contributed by atoms with Crippen molar-refractivity contribution in [3.8, 4) is 0 Å². The van der Waals surface area contributed by atoms with Crippen LogP contribution in [-0.2, 0) is 6.42 Å². The van der Waals surface area contributed by atoms with Crippen molar-refractivity contribution in [3.05, 3.63) is 60.2 Å². The van der Waals surface area contributed by atoms with E-state index in [1.54, 1.807) is 24.5 Å². The van der Waals surface area contributed by atoms with Crippen LogP contribution in [0.1, 0.15) is 28.9 Å². The average molecular weight is 310 g/mol. The second-order valence-electron chi connectivity index (χ2n) is 5.83. The van der Waals surface area contributed by atoms with Gasteiger partial charge in [0, 0.05) is 61.9 Å². The molecule has 3 heterocycles. The Balaban J connectivity index is 1.41. The fraction of sp³-hybridized carbons (Fsp3) is 0.389. The van der Waals surface area contributed by atoms with Crippen molar-refractivity contribution in [2.24, 2.45) is 0 Å². The number of hydrogen-bond donors (Lipinski definition) is 1. The van der Waals surface area contributed by atoms with Crippen LogP contribution in [0.25, 0.3) is 0 Å². The van der Waals surface area contributed by atoms with E-state index in [1.807, 2.05) is 23.2 Å². The first kappa shape index (κ1) is 15.6. The first-order valence-electron chi connectivity index (χ1n) is 8.15. The van der Waals surface area contributed by atoms with Crippen LogP contribution in [0.15, 0.2) is 48.9 Å². The van der Waals surface area contributed by atoms with Gasteiger partial charge in [-0.25, -0.2) is 0 Å². The zero-order chi connectivity index (χ0) is 15.9. The molecule has 3 rings (SSSR count). The van der Waals surface area contributed by atoms with E-state index in [4.69, 9.17) is 0 Å². The van der Waals surface area contributed by atoms with Crippen LogP contribution < -0.4 is 5.32 Å². The largest absolute Gasteiger partial charge is 0.339 e. The number of carbonyl (C=O) groups excluding carboxylic acids is 1. The van der Waals surface area contributed by atoms with Gasteiger partial charge in [-0.3, -0.25) is 14.8 Å². The van der Waals surface area contributed by atoms with E-state index in [1.165, 1.54) is 0 Å². The van der Waals surface area contributed by atoms with Crippen LogP contribution in [0.4, 0.5) is 0 Å². The van der Waals surface area contributed by atoms with Crippen molar-refractivity contribution in [2.75, 3.05) is 19.6 Å². The van der Waals surface area contributed by atoms with Crippen LogP contribution in [0.2, 0.25) is 0 Å².